The molecule has 1 amide bonds. The molecule has 3 heterocycles. The highest BCUT2D eigenvalue weighted by Gasteiger charge is 2.37. The molecule has 2 aromatic rings. The average Bonchev–Trinajstić information content (AvgIpc) is 3.19. The van der Waals surface area contributed by atoms with Crippen LogP contribution >= 0.6 is 0 Å². The van der Waals surface area contributed by atoms with Crippen LogP contribution in [0, 0.1) is 5.92 Å². The van der Waals surface area contributed by atoms with Crippen molar-refractivity contribution >= 4 is 17.1 Å². The van der Waals surface area contributed by atoms with E-state index in [1.54, 1.807) is 22.4 Å². The quantitative estimate of drug-likeness (QED) is 0.825. The van der Waals surface area contributed by atoms with E-state index in [0.29, 0.717) is 6.54 Å². The normalized spacial score (nSPS) is 22.1. The van der Waals surface area contributed by atoms with Gasteiger partial charge in [0.25, 0.3) is 0 Å². The van der Waals surface area contributed by atoms with E-state index in [2.05, 4.69) is 4.98 Å². The van der Waals surface area contributed by atoms with Crippen LogP contribution in [-0.2, 0) is 11.8 Å². The first-order valence-electron chi connectivity index (χ1n) is 7.47. The van der Waals surface area contributed by atoms with Crippen LogP contribution in [0.5, 0.6) is 0 Å². The number of nitrogens with zero attached hydrogens (tertiary/aromatic N) is 4. The number of hydrogen-bond acceptors (Lipinski definition) is 3. The fourth-order valence-electron chi connectivity index (χ4n) is 3.26. The SMILES string of the molecule is Cn1c(=O)n([C@@H]2CCN(C(=O)C3CC3)C2)c2ncccc21. The highest BCUT2D eigenvalue weighted by Crippen LogP contribution is 2.33. The fourth-order valence-corrected chi connectivity index (χ4v) is 3.26. The van der Waals surface area contributed by atoms with Crippen LogP contribution in [0.25, 0.3) is 11.2 Å². The molecule has 4 rings (SSSR count). The molecule has 1 aliphatic carbocycles. The summed E-state index contributed by atoms with van der Waals surface area (Å²) in [5.74, 6) is 0.504. The van der Waals surface area contributed by atoms with Gasteiger partial charge in [-0.15, -0.1) is 0 Å². The van der Waals surface area contributed by atoms with Crippen molar-refractivity contribution in [2.45, 2.75) is 25.3 Å². The Balaban J connectivity index is 1.70. The van der Waals surface area contributed by atoms with Crippen molar-refractivity contribution < 1.29 is 4.79 Å². The number of fused-ring (bicyclic) bond motifs is 1. The van der Waals surface area contributed by atoms with Crippen molar-refractivity contribution in [3.8, 4) is 0 Å². The van der Waals surface area contributed by atoms with E-state index in [0.717, 1.165) is 37.0 Å². The zero-order valence-electron chi connectivity index (χ0n) is 12.0. The van der Waals surface area contributed by atoms with E-state index in [9.17, 15) is 9.59 Å². The summed E-state index contributed by atoms with van der Waals surface area (Å²) in [7, 11) is 1.77. The van der Waals surface area contributed by atoms with Crippen molar-refractivity contribution in [3.05, 3.63) is 28.8 Å². The van der Waals surface area contributed by atoms with Gasteiger partial charge in [-0.2, -0.15) is 0 Å². The molecule has 110 valence electrons. The minimum absolute atomic E-state index is 0.0406. The van der Waals surface area contributed by atoms with E-state index in [1.807, 2.05) is 17.0 Å². The number of pyridine rings is 1. The number of carbonyl (C=O) groups is 1. The van der Waals surface area contributed by atoms with Crippen molar-refractivity contribution in [1.82, 2.24) is 19.0 Å². The molecule has 0 N–H and O–H groups in total. The lowest BCUT2D eigenvalue weighted by Crippen LogP contribution is -2.32. The van der Waals surface area contributed by atoms with Gasteiger partial charge in [-0.05, 0) is 31.4 Å². The molecule has 21 heavy (non-hydrogen) atoms. The van der Waals surface area contributed by atoms with Crippen LogP contribution in [0.1, 0.15) is 25.3 Å². The Kier molecular flexibility index (Phi) is 2.67. The molecule has 1 aliphatic heterocycles. The maximum Gasteiger partial charge on any atom is 0.330 e. The fraction of sp³-hybridized carbons (Fsp3) is 0.533. The number of carbonyl (C=O) groups excluding carboxylic acids is 1. The molecule has 0 unspecified atom stereocenters. The van der Waals surface area contributed by atoms with Crippen LogP contribution in [0.15, 0.2) is 23.1 Å². The predicted molar refractivity (Wildman–Crippen MR) is 77.9 cm³/mol. The first kappa shape index (κ1) is 12.6. The third-order valence-electron chi connectivity index (χ3n) is 4.62. The van der Waals surface area contributed by atoms with E-state index < -0.39 is 0 Å². The minimum Gasteiger partial charge on any atom is -0.340 e. The zero-order valence-corrected chi connectivity index (χ0v) is 12.0. The van der Waals surface area contributed by atoms with Crippen molar-refractivity contribution in [1.29, 1.82) is 0 Å². The minimum atomic E-state index is -0.0468. The van der Waals surface area contributed by atoms with Gasteiger partial charge >= 0.3 is 5.69 Å². The molecule has 2 fully saturated rings. The lowest BCUT2D eigenvalue weighted by molar-refractivity contribution is -0.131. The molecular formula is C15H18N4O2. The summed E-state index contributed by atoms with van der Waals surface area (Å²) in [5.41, 5.74) is 1.51. The summed E-state index contributed by atoms with van der Waals surface area (Å²) in [4.78, 5) is 30.9. The van der Waals surface area contributed by atoms with Gasteiger partial charge < -0.3 is 4.90 Å². The highest BCUT2D eigenvalue weighted by atomic mass is 16.2. The number of amides is 1. The average molecular weight is 286 g/mol. The van der Waals surface area contributed by atoms with Gasteiger partial charge in [-0.1, -0.05) is 0 Å². The van der Waals surface area contributed by atoms with Gasteiger partial charge in [0.05, 0.1) is 11.6 Å². The van der Waals surface area contributed by atoms with Crippen LogP contribution in [0.2, 0.25) is 0 Å². The third-order valence-corrected chi connectivity index (χ3v) is 4.62. The first-order chi connectivity index (χ1) is 10.2. The Morgan fingerprint density at radius 1 is 1.33 bits per heavy atom. The maximum atomic E-state index is 12.5. The monoisotopic (exact) mass is 286 g/mol. The van der Waals surface area contributed by atoms with Gasteiger partial charge in [0.1, 0.15) is 0 Å². The Morgan fingerprint density at radius 2 is 2.14 bits per heavy atom. The molecule has 0 aromatic carbocycles. The van der Waals surface area contributed by atoms with Gasteiger partial charge in [0, 0.05) is 32.3 Å². The van der Waals surface area contributed by atoms with Crippen LogP contribution < -0.4 is 5.69 Å². The molecule has 0 bridgehead atoms. The van der Waals surface area contributed by atoms with Gasteiger partial charge in [0.15, 0.2) is 5.65 Å². The lowest BCUT2D eigenvalue weighted by Gasteiger charge is -2.16. The third kappa shape index (κ3) is 1.89. The number of aryl methyl sites for hydroxylation is 1. The first-order valence-corrected chi connectivity index (χ1v) is 7.47. The molecule has 0 spiro atoms. The molecule has 6 nitrogen and oxygen atoms in total. The molecule has 1 atom stereocenters. The number of imidazole rings is 1. The van der Waals surface area contributed by atoms with E-state index >= 15 is 0 Å². The predicted octanol–water partition coefficient (Wildman–Crippen LogP) is 0.918. The zero-order chi connectivity index (χ0) is 14.6. The summed E-state index contributed by atoms with van der Waals surface area (Å²) in [6, 6.07) is 3.78. The standard InChI is InChI=1S/C15H18N4O2/c1-17-12-3-2-7-16-13(12)19(15(17)21)11-6-8-18(9-11)14(20)10-4-5-10/h2-3,7,10-11H,4-6,8-9H2,1H3/t11-/m1/s1. The van der Waals surface area contributed by atoms with Gasteiger partial charge in [0.2, 0.25) is 5.91 Å². The maximum absolute atomic E-state index is 12.5. The van der Waals surface area contributed by atoms with Crippen LogP contribution in [-0.4, -0.2) is 38.0 Å². The molecule has 2 aromatic heterocycles. The van der Waals surface area contributed by atoms with Crippen molar-refractivity contribution in [3.63, 3.8) is 0 Å². The topological polar surface area (TPSA) is 60.1 Å². The largest absolute Gasteiger partial charge is 0.340 e. The second-order valence-electron chi connectivity index (χ2n) is 6.06. The summed E-state index contributed by atoms with van der Waals surface area (Å²) < 4.78 is 3.39. The highest BCUT2D eigenvalue weighted by molar-refractivity contribution is 5.81. The number of aromatic nitrogens is 3. The number of likely N-dealkylation sites (tertiary alicyclic amines) is 1. The summed E-state index contributed by atoms with van der Waals surface area (Å²) in [6.07, 6.45) is 4.58. The molecule has 0 radical (unpaired) electrons. The van der Waals surface area contributed by atoms with Crippen LogP contribution in [0.3, 0.4) is 0 Å². The van der Waals surface area contributed by atoms with Gasteiger partial charge in [-0.3, -0.25) is 13.9 Å². The van der Waals surface area contributed by atoms with Gasteiger partial charge in [-0.25, -0.2) is 9.78 Å². The molecule has 1 saturated heterocycles. The van der Waals surface area contributed by atoms with E-state index in [1.165, 1.54) is 0 Å². The summed E-state index contributed by atoms with van der Waals surface area (Å²) in [5, 5.41) is 0. The Morgan fingerprint density at radius 3 is 2.90 bits per heavy atom. The second-order valence-corrected chi connectivity index (χ2v) is 6.06. The van der Waals surface area contributed by atoms with Crippen molar-refractivity contribution in [2.24, 2.45) is 13.0 Å². The summed E-state index contributed by atoms with van der Waals surface area (Å²) >= 11 is 0. The Bertz CT molecular complexity index is 772. The molecule has 1 saturated carbocycles. The van der Waals surface area contributed by atoms with Crippen LogP contribution in [0.4, 0.5) is 0 Å². The molecule has 6 heteroatoms. The number of hydrogen-bond donors (Lipinski definition) is 0. The smallest absolute Gasteiger partial charge is 0.330 e. The Labute approximate surface area is 122 Å². The Hall–Kier alpha value is -2.11. The molecular weight excluding hydrogens is 268 g/mol. The molecule has 2 aliphatic rings. The van der Waals surface area contributed by atoms with Crippen molar-refractivity contribution in [2.75, 3.05) is 13.1 Å². The number of rotatable bonds is 2. The second kappa shape index (κ2) is 4.44. The van der Waals surface area contributed by atoms with E-state index in [4.69, 9.17) is 0 Å². The lowest BCUT2D eigenvalue weighted by atomic mass is 10.2. The summed E-state index contributed by atoms with van der Waals surface area (Å²) in [6.45, 7) is 1.38. The van der Waals surface area contributed by atoms with E-state index in [-0.39, 0.29) is 23.6 Å².